The number of para-hydroxylation sites is 8. The van der Waals surface area contributed by atoms with Crippen molar-refractivity contribution >= 4 is 131 Å². The third kappa shape index (κ3) is 11.6. The maximum atomic E-state index is 2.44. The van der Waals surface area contributed by atoms with Crippen LogP contribution in [0, 0.1) is 27.7 Å². The van der Waals surface area contributed by atoms with Crippen molar-refractivity contribution in [2.45, 2.75) is 66.2 Å². The molecule has 0 radical (unpaired) electrons. The first-order valence-electron chi connectivity index (χ1n) is 43.4. The molecule has 6 nitrogen and oxygen atoms in total. The lowest BCUT2D eigenvalue weighted by molar-refractivity contribution is 0.661. The molecule has 124 heavy (non-hydrogen) atoms. The second-order valence-electron chi connectivity index (χ2n) is 35.1. The van der Waals surface area contributed by atoms with Gasteiger partial charge in [-0.25, -0.2) is 0 Å². The molecule has 0 amide bonds. The number of benzene rings is 18. The van der Waals surface area contributed by atoms with Crippen molar-refractivity contribution < 1.29 is 0 Å². The van der Waals surface area contributed by atoms with Gasteiger partial charge in [0.1, 0.15) is 0 Å². The molecule has 6 aromatic heterocycles. The Labute approximate surface area is 720 Å². The van der Waals surface area contributed by atoms with Crippen LogP contribution in [0.5, 0.6) is 0 Å². The summed E-state index contributed by atoms with van der Waals surface area (Å²) in [6.07, 6.45) is 0. The number of hydrogen-bond acceptors (Lipinski definition) is 0. The number of rotatable bonds is 6. The summed E-state index contributed by atoms with van der Waals surface area (Å²) in [7, 11) is 0. The van der Waals surface area contributed by atoms with Crippen molar-refractivity contribution in [3.63, 3.8) is 0 Å². The van der Waals surface area contributed by atoms with Crippen molar-refractivity contribution in [1.82, 2.24) is 27.4 Å². The molecule has 18 aromatic carbocycles. The molecule has 2 aliphatic rings. The largest absolute Gasteiger partial charge is 0.309 e. The van der Waals surface area contributed by atoms with Gasteiger partial charge in [0.2, 0.25) is 0 Å². The Morgan fingerprint density at radius 1 is 0.145 bits per heavy atom. The Hall–Kier alpha value is -15.2. The van der Waals surface area contributed by atoms with E-state index in [2.05, 4.69) is 483 Å². The van der Waals surface area contributed by atoms with Crippen LogP contribution in [-0.4, -0.2) is 27.4 Å². The normalized spacial score (nSPS) is 13.0. The summed E-state index contributed by atoms with van der Waals surface area (Å²) in [5.41, 5.74) is 38.5. The molecule has 0 atom stereocenters. The van der Waals surface area contributed by atoms with Gasteiger partial charge in [0.05, 0.1) is 66.2 Å². The number of fused-ring (bicyclic) bond motifs is 24. The van der Waals surface area contributed by atoms with Gasteiger partial charge >= 0.3 is 0 Å². The summed E-state index contributed by atoms with van der Waals surface area (Å²) in [6.45, 7) is 18.1. The number of nitrogens with zero attached hydrogens (tertiary/aromatic N) is 6. The second kappa shape index (κ2) is 28.7. The van der Waals surface area contributed by atoms with E-state index in [1.165, 1.54) is 232 Å². The molecule has 0 saturated heterocycles. The quantitative estimate of drug-likeness (QED) is 0.159. The average molecular weight is 1590 g/mol. The average Bonchev–Trinajstić information content (AvgIpc) is 1.55. The second-order valence-corrected chi connectivity index (χ2v) is 35.1. The Morgan fingerprint density at radius 2 is 0.379 bits per heavy atom. The van der Waals surface area contributed by atoms with Gasteiger partial charge in [-0.1, -0.05) is 270 Å². The zero-order valence-electron chi connectivity index (χ0n) is 70.8. The molecule has 592 valence electrons. The lowest BCUT2D eigenvalue weighted by Crippen LogP contribution is -2.14. The molecule has 24 aromatic rings. The van der Waals surface area contributed by atoms with Gasteiger partial charge in [0.25, 0.3) is 0 Å². The molecule has 0 bridgehead atoms. The smallest absolute Gasteiger partial charge is 0.0562 e. The Morgan fingerprint density at radius 3 is 0.742 bits per heavy atom. The van der Waals surface area contributed by atoms with Crippen molar-refractivity contribution in [2.24, 2.45) is 0 Å². The van der Waals surface area contributed by atoms with Crippen LogP contribution in [0.25, 0.3) is 187 Å². The van der Waals surface area contributed by atoms with E-state index in [1.807, 2.05) is 0 Å². The van der Waals surface area contributed by atoms with Crippen LogP contribution in [0.4, 0.5) is 0 Å². The van der Waals surface area contributed by atoms with E-state index in [0.29, 0.717) is 0 Å². The highest BCUT2D eigenvalue weighted by atomic mass is 15.0. The predicted octanol–water partition coefficient (Wildman–Crippen LogP) is 31.2. The lowest BCUT2D eigenvalue weighted by Gasteiger charge is -2.21. The first-order valence-corrected chi connectivity index (χ1v) is 43.4. The molecule has 2 aliphatic carbocycles. The fourth-order valence-electron chi connectivity index (χ4n) is 21.0. The molecule has 0 spiro atoms. The van der Waals surface area contributed by atoms with Crippen LogP contribution >= 0.6 is 0 Å². The minimum Gasteiger partial charge on any atom is -0.309 e. The third-order valence-electron chi connectivity index (χ3n) is 26.8. The van der Waals surface area contributed by atoms with E-state index in [4.69, 9.17) is 0 Å². The SMILES string of the molecule is Cc1ccc2c(c1)c1cc3c(cc1n2-c1ccccc1)C(C)(C)c1ccccc1-3.Cc1ccc2c3cc4c(cc3n(-c3ccccc3)c2c1)C(C)(C)c1ccccc1-4.Cc1ccc2c3cc4c(cc3n(-c3ccccc3)c2c1)c1ccccc1n4-c1ccccc1.Cc1ccc2c3cc4c5ccccc5n(-c5ccccc5)c4cc3n(-c3ccccc3)c2c1. The first-order chi connectivity index (χ1) is 60.7. The number of hydrogen-bond donors (Lipinski definition) is 0. The zero-order chi connectivity index (χ0) is 83.4. The Kier molecular flexibility index (Phi) is 17.1. The molecule has 6 heterocycles. The van der Waals surface area contributed by atoms with Crippen LogP contribution in [0.15, 0.2) is 400 Å². The Bertz CT molecular complexity index is 8390. The van der Waals surface area contributed by atoms with Gasteiger partial charge in [-0.2, -0.15) is 0 Å². The lowest BCUT2D eigenvalue weighted by atomic mass is 9.82. The van der Waals surface area contributed by atoms with Crippen molar-refractivity contribution in [3.8, 4) is 56.4 Å². The van der Waals surface area contributed by atoms with E-state index in [1.54, 1.807) is 0 Å². The summed E-state index contributed by atoms with van der Waals surface area (Å²) in [4.78, 5) is 0. The first kappa shape index (κ1) is 73.9. The monoisotopic (exact) mass is 1590 g/mol. The predicted molar refractivity (Wildman–Crippen MR) is 526 cm³/mol. The molecule has 26 rings (SSSR count). The third-order valence-corrected chi connectivity index (χ3v) is 26.8. The van der Waals surface area contributed by atoms with Crippen molar-refractivity contribution in [1.29, 1.82) is 0 Å². The van der Waals surface area contributed by atoms with Crippen LogP contribution in [0.2, 0.25) is 0 Å². The topological polar surface area (TPSA) is 29.6 Å². The van der Waals surface area contributed by atoms with E-state index in [9.17, 15) is 0 Å². The molecular weight excluding hydrogens is 1500 g/mol. The molecule has 0 aliphatic heterocycles. The van der Waals surface area contributed by atoms with Gasteiger partial charge in [0, 0.05) is 110 Å². The van der Waals surface area contributed by atoms with Crippen LogP contribution in [-0.2, 0) is 10.8 Å². The molecule has 0 fully saturated rings. The highest BCUT2D eigenvalue weighted by molar-refractivity contribution is 6.22. The number of aryl methyl sites for hydroxylation is 4. The maximum absolute atomic E-state index is 2.44. The molecule has 0 N–H and O–H groups in total. The van der Waals surface area contributed by atoms with Crippen molar-refractivity contribution in [3.05, 3.63) is 445 Å². The van der Waals surface area contributed by atoms with E-state index >= 15 is 0 Å². The van der Waals surface area contributed by atoms with Gasteiger partial charge in [-0.3, -0.25) is 0 Å². The number of aromatic nitrogens is 6. The maximum Gasteiger partial charge on any atom is 0.0562 e. The molecule has 0 unspecified atom stereocenters. The fourth-order valence-corrected chi connectivity index (χ4v) is 21.0. The van der Waals surface area contributed by atoms with E-state index < -0.39 is 0 Å². The minimum absolute atomic E-state index is 0.00794. The zero-order valence-corrected chi connectivity index (χ0v) is 70.8. The van der Waals surface area contributed by atoms with Crippen LogP contribution in [0.1, 0.15) is 72.2 Å². The minimum atomic E-state index is 0.00794. The van der Waals surface area contributed by atoms with Gasteiger partial charge < -0.3 is 27.4 Å². The molecular formula is C118H90N6. The summed E-state index contributed by atoms with van der Waals surface area (Å²) in [6, 6.07) is 146. The highest BCUT2D eigenvalue weighted by Gasteiger charge is 2.38. The van der Waals surface area contributed by atoms with Gasteiger partial charge in [-0.15, -0.1) is 0 Å². The Balaban J connectivity index is 0.0000000957. The van der Waals surface area contributed by atoms with Crippen LogP contribution in [0.3, 0.4) is 0 Å². The molecule has 0 saturated carbocycles. The van der Waals surface area contributed by atoms with Crippen molar-refractivity contribution in [2.75, 3.05) is 0 Å². The summed E-state index contributed by atoms with van der Waals surface area (Å²) < 4.78 is 14.4. The highest BCUT2D eigenvalue weighted by Crippen LogP contribution is 2.54. The van der Waals surface area contributed by atoms with Crippen LogP contribution < -0.4 is 0 Å². The van der Waals surface area contributed by atoms with Gasteiger partial charge in [-0.05, 0) is 253 Å². The van der Waals surface area contributed by atoms with E-state index in [0.717, 1.165) is 0 Å². The summed E-state index contributed by atoms with van der Waals surface area (Å²) in [5.74, 6) is 0. The van der Waals surface area contributed by atoms with E-state index in [-0.39, 0.29) is 10.8 Å². The summed E-state index contributed by atoms with van der Waals surface area (Å²) in [5, 5.41) is 15.6. The molecule has 6 heteroatoms. The fraction of sp³-hybridized carbons (Fsp3) is 0.0847. The summed E-state index contributed by atoms with van der Waals surface area (Å²) >= 11 is 0. The van der Waals surface area contributed by atoms with Gasteiger partial charge in [0.15, 0.2) is 0 Å². The standard InChI is InChI=1S/2C31H22N2.2C28H23N/c1-21-16-17-25-27-20-30-26(19-31(27)33(29(25)18-21)23-12-6-3-7-13-23)24-14-8-9-15-28(24)32(30)22-10-4-2-5-11-22;1-21-16-17-25-27-19-26-24-14-8-9-15-28(24)32(22-10-4-2-5-11-22)30(26)20-31(27)33(29(25)18-21)23-12-6-3-7-13-23;1-18-13-14-26-22(15-18)23-16-21-20-11-7-8-12-24(20)28(2,3)25(21)17-27(23)29(26)19-9-5-4-6-10-19;1-18-13-14-21-23-16-22-20-11-7-8-12-24(20)28(2,3)25(22)17-27(23)29(26(21)15-18)19-9-5-4-6-10-19/h2*2-20H,1H3;2*4-17H,1-3H3.